The van der Waals surface area contributed by atoms with E-state index in [0.717, 1.165) is 22.0 Å². The van der Waals surface area contributed by atoms with Gasteiger partial charge in [0.1, 0.15) is 0 Å². The second-order valence-electron chi connectivity index (χ2n) is 5.56. The monoisotopic (exact) mass is 326 g/mol. The van der Waals surface area contributed by atoms with E-state index in [-0.39, 0.29) is 12.3 Å². The fourth-order valence-corrected chi connectivity index (χ4v) is 3.55. The van der Waals surface area contributed by atoms with Gasteiger partial charge >= 0.3 is 0 Å². The maximum Gasteiger partial charge on any atom is 0.216 e. The topological polar surface area (TPSA) is 59.1 Å². The van der Waals surface area contributed by atoms with Gasteiger partial charge in [-0.15, -0.1) is 0 Å². The van der Waals surface area contributed by atoms with E-state index in [9.17, 15) is 8.42 Å². The van der Waals surface area contributed by atoms with Crippen molar-refractivity contribution >= 4 is 20.9 Å². The van der Waals surface area contributed by atoms with Crippen molar-refractivity contribution in [3.63, 3.8) is 0 Å². The van der Waals surface area contributed by atoms with E-state index in [1.807, 2.05) is 67.6 Å². The lowest BCUT2D eigenvalue weighted by Crippen LogP contribution is -2.25. The minimum atomic E-state index is -3.39. The lowest BCUT2D eigenvalue weighted by molar-refractivity contribution is 0.579. The molecule has 1 heterocycles. The molecule has 0 aliphatic carbocycles. The van der Waals surface area contributed by atoms with E-state index in [1.165, 1.54) is 0 Å². The minimum Gasteiger partial charge on any atom is -0.251 e. The van der Waals surface area contributed by atoms with Crippen LogP contribution in [0.25, 0.3) is 10.9 Å². The van der Waals surface area contributed by atoms with E-state index < -0.39 is 10.0 Å². The van der Waals surface area contributed by atoms with E-state index in [4.69, 9.17) is 0 Å². The van der Waals surface area contributed by atoms with Crippen molar-refractivity contribution < 1.29 is 8.42 Å². The van der Waals surface area contributed by atoms with E-state index in [2.05, 4.69) is 9.71 Å². The number of hydrogen-bond acceptors (Lipinski definition) is 3. The van der Waals surface area contributed by atoms with Gasteiger partial charge in [-0.25, -0.2) is 13.1 Å². The molecule has 5 heteroatoms. The summed E-state index contributed by atoms with van der Waals surface area (Å²) in [6, 6.07) is 19.1. The van der Waals surface area contributed by atoms with E-state index in [0.29, 0.717) is 5.69 Å². The number of aryl methyl sites for hydroxylation is 1. The number of fused-ring (bicyclic) bond motifs is 1. The highest BCUT2D eigenvalue weighted by atomic mass is 32.2. The second-order valence-corrected chi connectivity index (χ2v) is 7.37. The van der Waals surface area contributed by atoms with Crippen molar-refractivity contribution in [3.8, 4) is 0 Å². The zero-order chi connectivity index (χ0) is 16.3. The third kappa shape index (κ3) is 4.15. The molecule has 3 rings (SSSR count). The molecule has 0 atom stereocenters. The van der Waals surface area contributed by atoms with Crippen LogP contribution < -0.4 is 4.72 Å². The second kappa shape index (κ2) is 6.48. The van der Waals surface area contributed by atoms with Gasteiger partial charge < -0.3 is 0 Å². The largest absolute Gasteiger partial charge is 0.251 e. The lowest BCUT2D eigenvalue weighted by Gasteiger charge is -2.08. The highest BCUT2D eigenvalue weighted by molar-refractivity contribution is 7.88. The maximum atomic E-state index is 12.2. The molecule has 4 nitrogen and oxygen atoms in total. The van der Waals surface area contributed by atoms with Crippen molar-refractivity contribution in [2.75, 3.05) is 0 Å². The molecule has 118 valence electrons. The zero-order valence-corrected chi connectivity index (χ0v) is 13.7. The molecule has 3 aromatic rings. The molecule has 1 aromatic heterocycles. The Kier molecular flexibility index (Phi) is 4.41. The summed E-state index contributed by atoms with van der Waals surface area (Å²) in [6.45, 7) is 2.14. The number of para-hydroxylation sites is 1. The maximum absolute atomic E-state index is 12.2. The predicted molar refractivity (Wildman–Crippen MR) is 92.4 cm³/mol. The summed E-state index contributed by atoms with van der Waals surface area (Å²) in [5.74, 6) is -0.0255. The fraction of sp³-hybridized carbons (Fsp3) is 0.167. The predicted octanol–water partition coefficient (Wildman–Crippen LogP) is 3.16. The molecular weight excluding hydrogens is 308 g/mol. The molecule has 0 aliphatic rings. The lowest BCUT2D eigenvalue weighted by atomic mass is 10.2. The average molecular weight is 326 g/mol. The van der Waals surface area contributed by atoms with Gasteiger partial charge in [-0.05, 0) is 24.6 Å². The summed E-state index contributed by atoms with van der Waals surface area (Å²) in [4.78, 5) is 4.47. The number of rotatable bonds is 5. The van der Waals surface area contributed by atoms with Crippen LogP contribution >= 0.6 is 0 Å². The highest BCUT2D eigenvalue weighted by Crippen LogP contribution is 2.12. The summed E-state index contributed by atoms with van der Waals surface area (Å²) in [5.41, 5.74) is 3.40. The summed E-state index contributed by atoms with van der Waals surface area (Å²) in [6.07, 6.45) is 0. The SMILES string of the molecule is Cc1cccc(CS(=O)(=O)NCc2ccc3ccccc3n2)c1. The molecule has 0 radical (unpaired) electrons. The molecule has 2 aromatic carbocycles. The van der Waals surface area contributed by atoms with Crippen molar-refractivity contribution in [2.24, 2.45) is 0 Å². The van der Waals surface area contributed by atoms with Gasteiger partial charge in [-0.1, -0.05) is 54.1 Å². The molecule has 0 fully saturated rings. The van der Waals surface area contributed by atoms with Crippen LogP contribution in [0, 0.1) is 6.92 Å². The van der Waals surface area contributed by atoms with Crippen LogP contribution in [-0.4, -0.2) is 13.4 Å². The Morgan fingerprint density at radius 3 is 2.65 bits per heavy atom. The highest BCUT2D eigenvalue weighted by Gasteiger charge is 2.12. The molecule has 0 unspecified atom stereocenters. The van der Waals surface area contributed by atoms with Crippen LogP contribution in [0.2, 0.25) is 0 Å². The van der Waals surface area contributed by atoms with Gasteiger partial charge in [0.25, 0.3) is 0 Å². The first-order valence-electron chi connectivity index (χ1n) is 7.39. The number of sulfonamides is 1. The van der Waals surface area contributed by atoms with Crippen LogP contribution in [0.3, 0.4) is 0 Å². The Balaban J connectivity index is 1.70. The molecule has 0 saturated carbocycles. The van der Waals surface area contributed by atoms with Crippen molar-refractivity contribution in [3.05, 3.63) is 77.5 Å². The summed E-state index contributed by atoms with van der Waals surface area (Å²) >= 11 is 0. The first kappa shape index (κ1) is 15.6. The summed E-state index contributed by atoms with van der Waals surface area (Å²) < 4.78 is 27.0. The normalized spacial score (nSPS) is 11.7. The average Bonchev–Trinajstić information content (AvgIpc) is 2.52. The van der Waals surface area contributed by atoms with Crippen LogP contribution in [0.15, 0.2) is 60.7 Å². The number of nitrogens with one attached hydrogen (secondary N) is 1. The number of aromatic nitrogens is 1. The van der Waals surface area contributed by atoms with Gasteiger partial charge in [-0.3, -0.25) is 4.98 Å². The smallest absolute Gasteiger partial charge is 0.216 e. The van der Waals surface area contributed by atoms with E-state index in [1.54, 1.807) is 0 Å². The first-order valence-corrected chi connectivity index (χ1v) is 9.05. The molecule has 0 amide bonds. The van der Waals surface area contributed by atoms with Crippen molar-refractivity contribution in [2.45, 2.75) is 19.2 Å². The summed E-state index contributed by atoms with van der Waals surface area (Å²) in [5, 5.41) is 1.04. The molecule has 0 aliphatic heterocycles. The van der Waals surface area contributed by atoms with Gasteiger partial charge in [-0.2, -0.15) is 0 Å². The third-order valence-corrected chi connectivity index (χ3v) is 4.87. The van der Waals surface area contributed by atoms with Gasteiger partial charge in [0, 0.05) is 5.39 Å². The molecule has 0 spiro atoms. The Bertz CT molecular complexity index is 936. The Morgan fingerprint density at radius 2 is 1.83 bits per heavy atom. The number of benzene rings is 2. The fourth-order valence-electron chi connectivity index (χ4n) is 2.46. The standard InChI is InChI=1S/C18H18N2O2S/c1-14-5-4-6-15(11-14)13-23(21,22)19-12-17-10-9-16-7-2-3-8-18(16)20-17/h2-11,19H,12-13H2,1H3. The molecule has 1 N–H and O–H groups in total. The van der Waals surface area contributed by atoms with Crippen LogP contribution in [0.4, 0.5) is 0 Å². The van der Waals surface area contributed by atoms with Crippen LogP contribution in [-0.2, 0) is 22.3 Å². The summed E-state index contributed by atoms with van der Waals surface area (Å²) in [7, 11) is -3.39. The van der Waals surface area contributed by atoms with Gasteiger partial charge in [0.2, 0.25) is 10.0 Å². The third-order valence-electron chi connectivity index (χ3n) is 3.57. The van der Waals surface area contributed by atoms with Crippen LogP contribution in [0.5, 0.6) is 0 Å². The molecule has 23 heavy (non-hydrogen) atoms. The van der Waals surface area contributed by atoms with Crippen LogP contribution in [0.1, 0.15) is 16.8 Å². The quantitative estimate of drug-likeness (QED) is 0.783. The molecule has 0 bridgehead atoms. The number of nitrogens with zero attached hydrogens (tertiary/aromatic N) is 1. The van der Waals surface area contributed by atoms with Crippen molar-refractivity contribution in [1.29, 1.82) is 0 Å². The van der Waals surface area contributed by atoms with E-state index >= 15 is 0 Å². The number of hydrogen-bond donors (Lipinski definition) is 1. The number of pyridine rings is 1. The zero-order valence-electron chi connectivity index (χ0n) is 12.9. The Labute approximate surface area is 136 Å². The molecule has 0 saturated heterocycles. The first-order chi connectivity index (χ1) is 11.0. The molecular formula is C18H18N2O2S. The minimum absolute atomic E-state index is 0.0255. The Hall–Kier alpha value is -2.24. The van der Waals surface area contributed by atoms with Gasteiger partial charge in [0.05, 0.1) is 23.5 Å². The van der Waals surface area contributed by atoms with Gasteiger partial charge in [0.15, 0.2) is 0 Å². The van der Waals surface area contributed by atoms with Crippen molar-refractivity contribution in [1.82, 2.24) is 9.71 Å². The Morgan fingerprint density at radius 1 is 1.00 bits per heavy atom.